The van der Waals surface area contributed by atoms with Crippen LogP contribution in [0.5, 0.6) is 11.5 Å². The molecule has 0 fully saturated rings. The fourth-order valence-corrected chi connectivity index (χ4v) is 1.44. The van der Waals surface area contributed by atoms with E-state index in [1.54, 1.807) is 6.07 Å². The Balaban J connectivity index is 0.00000225. The van der Waals surface area contributed by atoms with E-state index < -0.39 is 12.1 Å². The average molecular weight is 248 g/mol. The molecule has 0 unspecified atom stereocenters. The minimum absolute atomic E-state index is 0. The number of halogens is 1. The number of hydrogen-bond donors (Lipinski definition) is 3. The highest BCUT2D eigenvalue weighted by molar-refractivity contribution is 5.85. The standard InChI is InChI=1S/C11H17NO3.ClH/c1-3-9(14)11(12)8-5-4-7(13)6-10(8)15-2;/h4-6,9,11,13-14H,3,12H2,1-2H3;1H/t9-,11+;/m1./s1. The second kappa shape index (κ2) is 6.58. The van der Waals surface area contributed by atoms with Crippen molar-refractivity contribution in [3.05, 3.63) is 23.8 Å². The molecule has 0 amide bonds. The number of nitrogens with two attached hydrogens (primary N) is 1. The minimum Gasteiger partial charge on any atom is -0.508 e. The molecule has 92 valence electrons. The van der Waals surface area contributed by atoms with Gasteiger partial charge in [0.2, 0.25) is 0 Å². The smallest absolute Gasteiger partial charge is 0.127 e. The summed E-state index contributed by atoms with van der Waals surface area (Å²) in [5, 5.41) is 18.9. The van der Waals surface area contributed by atoms with Gasteiger partial charge in [-0.1, -0.05) is 6.92 Å². The number of benzene rings is 1. The molecule has 0 saturated heterocycles. The number of hydrogen-bond acceptors (Lipinski definition) is 4. The number of aliphatic hydroxyl groups is 1. The van der Waals surface area contributed by atoms with E-state index in [2.05, 4.69) is 0 Å². The summed E-state index contributed by atoms with van der Waals surface area (Å²) >= 11 is 0. The van der Waals surface area contributed by atoms with Gasteiger partial charge in [0.1, 0.15) is 11.5 Å². The first-order valence-corrected chi connectivity index (χ1v) is 4.90. The van der Waals surface area contributed by atoms with Gasteiger partial charge < -0.3 is 20.7 Å². The number of phenols is 1. The third kappa shape index (κ3) is 3.27. The third-order valence-corrected chi connectivity index (χ3v) is 2.41. The molecule has 0 spiro atoms. The Morgan fingerprint density at radius 2 is 2.06 bits per heavy atom. The number of aliphatic hydroxyl groups excluding tert-OH is 1. The van der Waals surface area contributed by atoms with Crippen LogP contribution in [0.3, 0.4) is 0 Å². The maximum absolute atomic E-state index is 9.63. The second-order valence-corrected chi connectivity index (χ2v) is 3.43. The summed E-state index contributed by atoms with van der Waals surface area (Å²) < 4.78 is 5.09. The van der Waals surface area contributed by atoms with Gasteiger partial charge in [-0.2, -0.15) is 0 Å². The average Bonchev–Trinajstić information content (AvgIpc) is 2.26. The van der Waals surface area contributed by atoms with Crippen LogP contribution in [-0.2, 0) is 0 Å². The molecule has 2 atom stereocenters. The summed E-state index contributed by atoms with van der Waals surface area (Å²) in [5.41, 5.74) is 6.56. The predicted molar refractivity (Wildman–Crippen MR) is 65.1 cm³/mol. The first kappa shape index (κ1) is 15.0. The maximum atomic E-state index is 9.63. The Kier molecular flexibility index (Phi) is 6.18. The van der Waals surface area contributed by atoms with Crippen molar-refractivity contribution in [2.45, 2.75) is 25.5 Å². The highest BCUT2D eigenvalue weighted by Gasteiger charge is 2.18. The monoisotopic (exact) mass is 247 g/mol. The maximum Gasteiger partial charge on any atom is 0.127 e. The molecule has 0 aromatic heterocycles. The van der Waals surface area contributed by atoms with Gasteiger partial charge >= 0.3 is 0 Å². The molecule has 4 N–H and O–H groups in total. The molecule has 1 aromatic carbocycles. The summed E-state index contributed by atoms with van der Waals surface area (Å²) in [5.74, 6) is 0.615. The molecule has 4 nitrogen and oxygen atoms in total. The van der Waals surface area contributed by atoms with Crippen molar-refractivity contribution in [1.29, 1.82) is 0 Å². The van der Waals surface area contributed by atoms with Crippen LogP contribution in [0.4, 0.5) is 0 Å². The Morgan fingerprint density at radius 1 is 1.44 bits per heavy atom. The van der Waals surface area contributed by atoms with Crippen molar-refractivity contribution in [2.24, 2.45) is 5.73 Å². The van der Waals surface area contributed by atoms with Crippen LogP contribution < -0.4 is 10.5 Å². The van der Waals surface area contributed by atoms with Crippen molar-refractivity contribution in [3.63, 3.8) is 0 Å². The lowest BCUT2D eigenvalue weighted by Crippen LogP contribution is -2.25. The first-order chi connectivity index (χ1) is 7.10. The third-order valence-electron chi connectivity index (χ3n) is 2.41. The van der Waals surface area contributed by atoms with Crippen LogP contribution in [0.1, 0.15) is 24.9 Å². The van der Waals surface area contributed by atoms with E-state index >= 15 is 0 Å². The SMILES string of the molecule is CC[C@@H](O)[C@@H](N)c1ccc(O)cc1OC.Cl. The molecule has 0 aliphatic heterocycles. The molecular formula is C11H18ClNO3. The van der Waals surface area contributed by atoms with Gasteiger partial charge in [-0.05, 0) is 18.6 Å². The van der Waals surface area contributed by atoms with Gasteiger partial charge in [-0.3, -0.25) is 0 Å². The van der Waals surface area contributed by atoms with Crippen LogP contribution in [-0.4, -0.2) is 23.4 Å². The lowest BCUT2D eigenvalue weighted by molar-refractivity contribution is 0.139. The zero-order valence-electron chi connectivity index (χ0n) is 9.38. The molecule has 5 heteroatoms. The van der Waals surface area contributed by atoms with E-state index in [-0.39, 0.29) is 18.2 Å². The largest absolute Gasteiger partial charge is 0.508 e. The first-order valence-electron chi connectivity index (χ1n) is 4.90. The predicted octanol–water partition coefficient (Wildman–Crippen LogP) is 1.59. The second-order valence-electron chi connectivity index (χ2n) is 3.43. The molecule has 1 aromatic rings. The summed E-state index contributed by atoms with van der Waals surface area (Å²) in [6, 6.07) is 4.18. The van der Waals surface area contributed by atoms with Crippen molar-refractivity contribution < 1.29 is 14.9 Å². The van der Waals surface area contributed by atoms with Gasteiger partial charge in [0.05, 0.1) is 19.3 Å². The van der Waals surface area contributed by atoms with Crippen molar-refractivity contribution in [2.75, 3.05) is 7.11 Å². The fourth-order valence-electron chi connectivity index (χ4n) is 1.44. The lowest BCUT2D eigenvalue weighted by atomic mass is 9.99. The summed E-state index contributed by atoms with van der Waals surface area (Å²) in [6.45, 7) is 1.86. The van der Waals surface area contributed by atoms with Gasteiger partial charge in [0, 0.05) is 11.6 Å². The van der Waals surface area contributed by atoms with Gasteiger partial charge in [0.25, 0.3) is 0 Å². The zero-order chi connectivity index (χ0) is 11.4. The quantitative estimate of drug-likeness (QED) is 0.755. The number of phenolic OH excluding ortho intramolecular Hbond substituents is 1. The van der Waals surface area contributed by atoms with Gasteiger partial charge in [-0.25, -0.2) is 0 Å². The van der Waals surface area contributed by atoms with Crippen LogP contribution in [0.2, 0.25) is 0 Å². The van der Waals surface area contributed by atoms with Crippen LogP contribution in [0.15, 0.2) is 18.2 Å². The molecule has 0 radical (unpaired) electrons. The van der Waals surface area contributed by atoms with E-state index in [1.807, 2.05) is 6.92 Å². The highest BCUT2D eigenvalue weighted by atomic mass is 35.5. The number of aromatic hydroxyl groups is 1. The Bertz CT molecular complexity index is 333. The summed E-state index contributed by atoms with van der Waals surface area (Å²) in [4.78, 5) is 0. The number of ether oxygens (including phenoxy) is 1. The van der Waals surface area contributed by atoms with Crippen LogP contribution >= 0.6 is 12.4 Å². The van der Waals surface area contributed by atoms with Crippen molar-refractivity contribution in [3.8, 4) is 11.5 Å². The van der Waals surface area contributed by atoms with Crippen molar-refractivity contribution >= 4 is 12.4 Å². The zero-order valence-corrected chi connectivity index (χ0v) is 10.2. The molecule has 1 rings (SSSR count). The molecule has 0 saturated carbocycles. The molecule has 0 aliphatic rings. The molecule has 0 heterocycles. The van der Waals surface area contributed by atoms with Crippen LogP contribution in [0.25, 0.3) is 0 Å². The highest BCUT2D eigenvalue weighted by Crippen LogP contribution is 2.29. The topological polar surface area (TPSA) is 75.7 Å². The normalized spacial score (nSPS) is 13.8. The summed E-state index contributed by atoms with van der Waals surface area (Å²) in [7, 11) is 1.50. The van der Waals surface area contributed by atoms with E-state index in [0.29, 0.717) is 17.7 Å². The van der Waals surface area contributed by atoms with E-state index in [1.165, 1.54) is 19.2 Å². The molecule has 16 heavy (non-hydrogen) atoms. The number of methoxy groups -OCH3 is 1. The van der Waals surface area contributed by atoms with E-state index in [0.717, 1.165) is 0 Å². The van der Waals surface area contributed by atoms with E-state index in [4.69, 9.17) is 10.5 Å². The van der Waals surface area contributed by atoms with Gasteiger partial charge in [0.15, 0.2) is 0 Å². The Labute approximate surface area is 101 Å². The Morgan fingerprint density at radius 3 is 2.56 bits per heavy atom. The molecular weight excluding hydrogens is 230 g/mol. The van der Waals surface area contributed by atoms with Crippen molar-refractivity contribution in [1.82, 2.24) is 0 Å². The lowest BCUT2D eigenvalue weighted by Gasteiger charge is -2.20. The van der Waals surface area contributed by atoms with E-state index in [9.17, 15) is 10.2 Å². The minimum atomic E-state index is -0.608. The summed E-state index contributed by atoms with van der Waals surface area (Å²) in [6.07, 6.45) is -0.0333. The van der Waals surface area contributed by atoms with Crippen LogP contribution in [0, 0.1) is 0 Å². The molecule has 0 bridgehead atoms. The fraction of sp³-hybridized carbons (Fsp3) is 0.455. The Hall–Kier alpha value is -0.970. The number of rotatable bonds is 4. The molecule has 0 aliphatic carbocycles. The van der Waals surface area contributed by atoms with Gasteiger partial charge in [-0.15, -0.1) is 12.4 Å².